The molecular weight excluding hydrogens is 807 g/mol. The number of fused-ring (bicyclic) bond motifs is 10. The Kier molecular flexibility index (Phi) is 8.03. The molecule has 50 heavy (non-hydrogen) atoms. The Bertz CT molecular complexity index is 2810. The van der Waals surface area contributed by atoms with Crippen molar-refractivity contribution in [2.24, 2.45) is 0 Å². The van der Waals surface area contributed by atoms with E-state index in [1.54, 1.807) is 0 Å². The quantitative estimate of drug-likeness (QED) is 0.162. The zero-order chi connectivity index (χ0) is 33.3. The van der Waals surface area contributed by atoms with Crippen LogP contribution in [0, 0.1) is 19.1 Å². The van der Waals surface area contributed by atoms with E-state index < -0.39 is 0 Å². The molecule has 0 aliphatic heterocycles. The van der Waals surface area contributed by atoms with Crippen LogP contribution in [0.15, 0.2) is 128 Å². The molecule has 1 radical (unpaired) electrons. The van der Waals surface area contributed by atoms with Gasteiger partial charge in [-0.05, 0) is 70.0 Å². The molecule has 0 spiro atoms. The molecular formula is C45H33IrN3S-2. The summed E-state index contributed by atoms with van der Waals surface area (Å²) in [4.78, 5) is 9.07. The zero-order valence-electron chi connectivity index (χ0n) is 28.2. The van der Waals surface area contributed by atoms with E-state index in [9.17, 15) is 0 Å². The van der Waals surface area contributed by atoms with Gasteiger partial charge in [0.2, 0.25) is 0 Å². The van der Waals surface area contributed by atoms with Crippen molar-refractivity contribution < 1.29 is 20.1 Å². The van der Waals surface area contributed by atoms with Crippen molar-refractivity contribution >= 4 is 69.6 Å². The van der Waals surface area contributed by atoms with Crippen molar-refractivity contribution in [2.75, 3.05) is 0 Å². The van der Waals surface area contributed by atoms with Gasteiger partial charge in [0.1, 0.15) is 0 Å². The Morgan fingerprint density at radius 3 is 2.22 bits per heavy atom. The van der Waals surface area contributed by atoms with Crippen LogP contribution in [0.5, 0.6) is 0 Å². The zero-order valence-corrected chi connectivity index (χ0v) is 31.4. The van der Waals surface area contributed by atoms with Crippen LogP contribution in [0.4, 0.5) is 0 Å². The molecule has 245 valence electrons. The van der Waals surface area contributed by atoms with E-state index >= 15 is 0 Å². The summed E-state index contributed by atoms with van der Waals surface area (Å²) in [5.41, 5.74) is 10.3. The van der Waals surface area contributed by atoms with Crippen LogP contribution >= 0.6 is 11.3 Å². The fraction of sp³-hybridized carbons (Fsp3) is 0.111. The van der Waals surface area contributed by atoms with E-state index in [2.05, 4.69) is 127 Å². The molecule has 5 heteroatoms. The molecule has 0 bridgehead atoms. The van der Waals surface area contributed by atoms with Crippen LogP contribution in [0.25, 0.3) is 80.8 Å². The van der Waals surface area contributed by atoms with Gasteiger partial charge >= 0.3 is 0 Å². The topological polar surface area (TPSA) is 30.2 Å². The fourth-order valence-electron chi connectivity index (χ4n) is 7.08. The van der Waals surface area contributed by atoms with Gasteiger partial charge in [-0.2, -0.15) is 0 Å². The van der Waals surface area contributed by atoms with Gasteiger partial charge in [-0.1, -0.05) is 80.8 Å². The SMILES string of the molecule is CC(C)(C)c1ccnc(-c2[c-]cc3c(c2)c2c4c(cc5c6ccccc6n3c52)sc2ccccc24)c1.Cc1ccc(-c2[c-]cccc2)nc1.[Ir]. The van der Waals surface area contributed by atoms with Crippen LogP contribution in [-0.2, 0) is 25.5 Å². The van der Waals surface area contributed by atoms with Crippen molar-refractivity contribution in [3.05, 3.63) is 151 Å². The van der Waals surface area contributed by atoms with Crippen LogP contribution in [0.2, 0.25) is 0 Å². The molecule has 0 amide bonds. The van der Waals surface area contributed by atoms with Gasteiger partial charge < -0.3 is 14.4 Å². The first-order chi connectivity index (χ1) is 23.8. The number of aromatic nitrogens is 3. The molecule has 0 aliphatic carbocycles. The molecule has 5 heterocycles. The van der Waals surface area contributed by atoms with E-state index in [1.807, 2.05) is 61.0 Å². The van der Waals surface area contributed by atoms with Crippen LogP contribution in [0.1, 0.15) is 31.9 Å². The van der Waals surface area contributed by atoms with Crippen LogP contribution in [-0.4, -0.2) is 14.4 Å². The molecule has 0 unspecified atom stereocenters. The number of hydrogen-bond acceptors (Lipinski definition) is 3. The molecule has 0 aliphatic rings. The van der Waals surface area contributed by atoms with Crippen molar-refractivity contribution in [1.82, 2.24) is 14.4 Å². The second kappa shape index (κ2) is 12.4. The second-order valence-corrected chi connectivity index (χ2v) is 14.9. The van der Waals surface area contributed by atoms with Gasteiger partial charge in [0.15, 0.2) is 0 Å². The number of nitrogens with zero attached hydrogens (tertiary/aromatic N) is 3. The minimum atomic E-state index is 0. The number of hydrogen-bond donors (Lipinski definition) is 0. The first-order valence-corrected chi connectivity index (χ1v) is 17.5. The maximum atomic E-state index is 4.75. The molecule has 0 fully saturated rings. The number of benzene rings is 5. The molecule has 5 aromatic carbocycles. The summed E-state index contributed by atoms with van der Waals surface area (Å²) >= 11 is 1.89. The standard InChI is InChI=1S/C33H23N2S.C12H10N.Ir/c1-33(2,3)20-14-15-34-25(17-20)19-12-13-27-24(16-19)31-30-22-9-5-7-11-28(22)36-29(30)18-23-21-8-4-6-10-26(21)35(27)32(23)31;1-10-7-8-12(13-9-10)11-5-3-2-4-6-11;/h4-11,13-18H,1-3H3;2-5,7-9H,1H3;/q2*-1;. The third-order valence-electron chi connectivity index (χ3n) is 9.54. The molecule has 10 aromatic rings. The molecule has 0 atom stereocenters. The minimum absolute atomic E-state index is 0. The first-order valence-electron chi connectivity index (χ1n) is 16.7. The maximum absolute atomic E-state index is 4.75. The predicted octanol–water partition coefficient (Wildman–Crippen LogP) is 12.2. The number of aryl methyl sites for hydroxylation is 1. The van der Waals surface area contributed by atoms with Gasteiger partial charge in [0.05, 0.1) is 5.52 Å². The fourth-order valence-corrected chi connectivity index (χ4v) is 8.24. The molecule has 3 nitrogen and oxygen atoms in total. The van der Waals surface area contributed by atoms with E-state index in [4.69, 9.17) is 4.98 Å². The number of rotatable bonds is 2. The molecule has 10 rings (SSSR count). The summed E-state index contributed by atoms with van der Waals surface area (Å²) in [6.45, 7) is 8.77. The Labute approximate surface area is 308 Å². The van der Waals surface area contributed by atoms with Crippen LogP contribution < -0.4 is 0 Å². The Balaban J connectivity index is 0.000000218. The smallest absolute Gasteiger partial charge is 0.0524 e. The van der Waals surface area contributed by atoms with Gasteiger partial charge in [-0.25, -0.2) is 0 Å². The van der Waals surface area contributed by atoms with Crippen molar-refractivity contribution in [3.63, 3.8) is 0 Å². The van der Waals surface area contributed by atoms with Gasteiger partial charge in [-0.15, -0.1) is 71.0 Å². The van der Waals surface area contributed by atoms with Gasteiger partial charge in [-0.3, -0.25) is 0 Å². The number of para-hydroxylation sites is 1. The maximum Gasteiger partial charge on any atom is 0.0524 e. The molecule has 5 aromatic heterocycles. The Hall–Kier alpha value is -4.93. The van der Waals surface area contributed by atoms with E-state index in [-0.39, 0.29) is 25.5 Å². The van der Waals surface area contributed by atoms with Crippen molar-refractivity contribution in [3.8, 4) is 22.5 Å². The third-order valence-corrected chi connectivity index (χ3v) is 10.7. The predicted molar refractivity (Wildman–Crippen MR) is 208 cm³/mol. The third kappa shape index (κ3) is 5.29. The van der Waals surface area contributed by atoms with Crippen molar-refractivity contribution in [1.29, 1.82) is 0 Å². The largest absolute Gasteiger partial charge is 0.350 e. The normalized spacial score (nSPS) is 11.8. The van der Waals surface area contributed by atoms with E-state index in [1.165, 1.54) is 69.4 Å². The second-order valence-electron chi connectivity index (χ2n) is 13.8. The summed E-state index contributed by atoms with van der Waals surface area (Å²) in [6, 6.07) is 47.5. The van der Waals surface area contributed by atoms with Crippen LogP contribution in [0.3, 0.4) is 0 Å². The summed E-state index contributed by atoms with van der Waals surface area (Å²) in [5, 5.41) is 7.94. The van der Waals surface area contributed by atoms with E-state index in [0.29, 0.717) is 0 Å². The summed E-state index contributed by atoms with van der Waals surface area (Å²) in [6.07, 6.45) is 3.80. The monoisotopic (exact) mass is 840 g/mol. The average Bonchev–Trinajstić information content (AvgIpc) is 3.78. The number of thiophene rings is 1. The summed E-state index contributed by atoms with van der Waals surface area (Å²) < 4.78 is 5.13. The van der Waals surface area contributed by atoms with E-state index in [0.717, 1.165) is 22.5 Å². The molecule has 0 N–H and O–H groups in total. The van der Waals surface area contributed by atoms with Gasteiger partial charge in [0.25, 0.3) is 0 Å². The molecule has 0 saturated heterocycles. The summed E-state index contributed by atoms with van der Waals surface area (Å²) in [5.74, 6) is 0. The van der Waals surface area contributed by atoms with Gasteiger partial charge in [0, 0.05) is 69.0 Å². The summed E-state index contributed by atoms with van der Waals surface area (Å²) in [7, 11) is 0. The first kappa shape index (κ1) is 32.3. The Morgan fingerprint density at radius 1 is 0.640 bits per heavy atom. The number of pyridine rings is 2. The van der Waals surface area contributed by atoms with Crippen molar-refractivity contribution in [2.45, 2.75) is 33.1 Å². The Morgan fingerprint density at radius 2 is 1.44 bits per heavy atom. The average molecular weight is 840 g/mol. The minimum Gasteiger partial charge on any atom is -0.350 e. The molecule has 0 saturated carbocycles.